The molecule has 7 nitrogen and oxygen atoms in total. The van der Waals surface area contributed by atoms with Crippen LogP contribution in [0.25, 0.3) is 22.0 Å². The molecule has 0 aliphatic heterocycles. The molecule has 0 spiro atoms. The topological polar surface area (TPSA) is 82.2 Å². The Bertz CT molecular complexity index is 1210. The molecule has 0 atom stereocenters. The first-order valence-corrected chi connectivity index (χ1v) is 9.59. The molecular formula is C23H21N5O2. The summed E-state index contributed by atoms with van der Waals surface area (Å²) in [7, 11) is 1.95. The van der Waals surface area contributed by atoms with E-state index in [9.17, 15) is 9.59 Å². The van der Waals surface area contributed by atoms with Gasteiger partial charge in [0.2, 0.25) is 6.41 Å². The fourth-order valence-electron chi connectivity index (χ4n) is 3.34. The highest BCUT2D eigenvalue weighted by molar-refractivity contribution is 5.94. The van der Waals surface area contributed by atoms with Crippen molar-refractivity contribution < 1.29 is 4.79 Å². The van der Waals surface area contributed by atoms with E-state index in [0.29, 0.717) is 24.2 Å². The first-order chi connectivity index (χ1) is 14.7. The Morgan fingerprint density at radius 2 is 1.67 bits per heavy atom. The van der Waals surface area contributed by atoms with Crippen LogP contribution in [0.15, 0.2) is 77.7 Å². The molecule has 0 aliphatic carbocycles. The SMILES string of the molecule is CN(CCN(C=O)c1ccc(-c2n[nH]c(=O)c3ccccc23)cc1)c1ccccn1. The number of hydrogen-bond acceptors (Lipinski definition) is 5. The Labute approximate surface area is 173 Å². The molecule has 0 saturated heterocycles. The van der Waals surface area contributed by atoms with Gasteiger partial charge in [-0.1, -0.05) is 36.4 Å². The maximum absolute atomic E-state index is 12.0. The summed E-state index contributed by atoms with van der Waals surface area (Å²) in [6.07, 6.45) is 2.57. The van der Waals surface area contributed by atoms with Gasteiger partial charge in [0.1, 0.15) is 5.82 Å². The van der Waals surface area contributed by atoms with Crippen LogP contribution in [-0.4, -0.2) is 41.7 Å². The number of aromatic nitrogens is 3. The molecule has 150 valence electrons. The van der Waals surface area contributed by atoms with Crippen molar-refractivity contribution in [3.8, 4) is 11.3 Å². The van der Waals surface area contributed by atoms with Gasteiger partial charge < -0.3 is 9.80 Å². The minimum atomic E-state index is -0.213. The molecule has 4 aromatic rings. The van der Waals surface area contributed by atoms with E-state index in [1.165, 1.54) is 0 Å². The second kappa shape index (κ2) is 8.57. The summed E-state index contributed by atoms with van der Waals surface area (Å²) in [5.74, 6) is 0.856. The van der Waals surface area contributed by atoms with E-state index in [1.54, 1.807) is 17.2 Å². The number of benzene rings is 2. The average Bonchev–Trinajstić information content (AvgIpc) is 2.81. The third-order valence-electron chi connectivity index (χ3n) is 5.01. The molecule has 0 bridgehead atoms. The highest BCUT2D eigenvalue weighted by Gasteiger charge is 2.11. The zero-order chi connectivity index (χ0) is 20.9. The number of nitrogens with zero attached hydrogens (tertiary/aromatic N) is 4. The van der Waals surface area contributed by atoms with Crippen molar-refractivity contribution in [1.82, 2.24) is 15.2 Å². The average molecular weight is 399 g/mol. The minimum Gasteiger partial charge on any atom is -0.358 e. The quantitative estimate of drug-likeness (QED) is 0.483. The first kappa shape index (κ1) is 19.3. The summed E-state index contributed by atoms with van der Waals surface area (Å²) in [5, 5.41) is 8.17. The van der Waals surface area contributed by atoms with E-state index in [-0.39, 0.29) is 5.56 Å². The molecule has 0 radical (unpaired) electrons. The fourth-order valence-corrected chi connectivity index (χ4v) is 3.34. The van der Waals surface area contributed by atoms with E-state index in [0.717, 1.165) is 28.9 Å². The molecule has 0 saturated carbocycles. The Balaban J connectivity index is 1.53. The summed E-state index contributed by atoms with van der Waals surface area (Å²) in [4.78, 5) is 31.6. The van der Waals surface area contributed by atoms with Crippen molar-refractivity contribution in [2.24, 2.45) is 0 Å². The van der Waals surface area contributed by atoms with Crippen LogP contribution in [0.1, 0.15) is 0 Å². The number of amides is 1. The van der Waals surface area contributed by atoms with Crippen LogP contribution < -0.4 is 15.4 Å². The largest absolute Gasteiger partial charge is 0.358 e. The number of H-pyrrole nitrogens is 1. The van der Waals surface area contributed by atoms with Gasteiger partial charge in [-0.15, -0.1) is 0 Å². The maximum Gasteiger partial charge on any atom is 0.272 e. The molecule has 30 heavy (non-hydrogen) atoms. The zero-order valence-electron chi connectivity index (χ0n) is 16.5. The van der Waals surface area contributed by atoms with Gasteiger partial charge in [-0.05, 0) is 30.3 Å². The monoisotopic (exact) mass is 399 g/mol. The molecule has 4 rings (SSSR count). The van der Waals surface area contributed by atoms with Crippen molar-refractivity contribution >= 4 is 28.7 Å². The van der Waals surface area contributed by atoms with Crippen molar-refractivity contribution in [1.29, 1.82) is 0 Å². The Morgan fingerprint density at radius 1 is 0.933 bits per heavy atom. The summed E-state index contributed by atoms with van der Waals surface area (Å²) in [5.41, 5.74) is 2.14. The van der Waals surface area contributed by atoms with Gasteiger partial charge in [-0.2, -0.15) is 5.10 Å². The molecule has 0 fully saturated rings. The summed E-state index contributed by atoms with van der Waals surface area (Å²) < 4.78 is 0. The molecule has 2 heterocycles. The molecule has 0 unspecified atom stereocenters. The van der Waals surface area contributed by atoms with Gasteiger partial charge in [-0.25, -0.2) is 10.1 Å². The van der Waals surface area contributed by atoms with Crippen LogP contribution >= 0.6 is 0 Å². The number of fused-ring (bicyclic) bond motifs is 1. The number of nitrogens with one attached hydrogen (secondary N) is 1. The Kier molecular flexibility index (Phi) is 5.52. The molecule has 1 amide bonds. The fraction of sp³-hybridized carbons (Fsp3) is 0.130. The van der Waals surface area contributed by atoms with Gasteiger partial charge in [0.15, 0.2) is 0 Å². The van der Waals surface area contributed by atoms with Crippen molar-refractivity contribution in [3.05, 3.63) is 83.3 Å². The second-order valence-electron chi connectivity index (χ2n) is 6.90. The predicted molar refractivity (Wildman–Crippen MR) is 119 cm³/mol. The highest BCUT2D eigenvalue weighted by Crippen LogP contribution is 2.26. The van der Waals surface area contributed by atoms with Gasteiger partial charge in [0, 0.05) is 43.0 Å². The summed E-state index contributed by atoms with van der Waals surface area (Å²) in [6.45, 7) is 1.17. The second-order valence-corrected chi connectivity index (χ2v) is 6.90. The lowest BCUT2D eigenvalue weighted by molar-refractivity contribution is -0.107. The van der Waals surface area contributed by atoms with Crippen LogP contribution in [0, 0.1) is 0 Å². The van der Waals surface area contributed by atoms with Crippen LogP contribution in [0.2, 0.25) is 0 Å². The smallest absolute Gasteiger partial charge is 0.272 e. The number of anilines is 2. The van der Waals surface area contributed by atoms with E-state index in [4.69, 9.17) is 0 Å². The predicted octanol–water partition coefficient (Wildman–Crippen LogP) is 3.08. The van der Waals surface area contributed by atoms with Crippen LogP contribution in [0.3, 0.4) is 0 Å². The van der Waals surface area contributed by atoms with E-state index >= 15 is 0 Å². The van der Waals surface area contributed by atoms with E-state index in [2.05, 4.69) is 15.2 Å². The Hall–Kier alpha value is -4.00. The van der Waals surface area contributed by atoms with Crippen molar-refractivity contribution in [2.75, 3.05) is 29.9 Å². The van der Waals surface area contributed by atoms with Gasteiger partial charge >= 0.3 is 0 Å². The van der Waals surface area contributed by atoms with Gasteiger partial charge in [0.05, 0.1) is 11.1 Å². The van der Waals surface area contributed by atoms with Gasteiger partial charge in [0.25, 0.3) is 5.56 Å². The molecule has 1 N–H and O–H groups in total. The number of pyridine rings is 1. The summed E-state index contributed by atoms with van der Waals surface area (Å²) in [6, 6.07) is 20.7. The van der Waals surface area contributed by atoms with Crippen molar-refractivity contribution in [2.45, 2.75) is 0 Å². The first-order valence-electron chi connectivity index (χ1n) is 9.59. The van der Waals surface area contributed by atoms with Crippen LogP contribution in [0.4, 0.5) is 11.5 Å². The number of likely N-dealkylation sites (N-methyl/N-ethyl adjacent to an activating group) is 1. The minimum absolute atomic E-state index is 0.213. The number of hydrogen-bond donors (Lipinski definition) is 1. The standard InChI is InChI=1S/C23H21N5O2/c1-27(21-8-4-5-13-24-21)14-15-28(16-29)18-11-9-17(10-12-18)22-19-6-2-3-7-20(19)23(30)26-25-22/h2-13,16H,14-15H2,1H3,(H,26,30). The highest BCUT2D eigenvalue weighted by atomic mass is 16.1. The van der Waals surface area contributed by atoms with E-state index < -0.39 is 0 Å². The molecule has 2 aromatic carbocycles. The molecule has 2 aromatic heterocycles. The molecule has 0 aliphatic rings. The lowest BCUT2D eigenvalue weighted by atomic mass is 10.0. The number of aromatic amines is 1. The Morgan fingerprint density at radius 3 is 2.37 bits per heavy atom. The maximum atomic E-state index is 12.0. The zero-order valence-corrected chi connectivity index (χ0v) is 16.5. The molecular weight excluding hydrogens is 378 g/mol. The number of carbonyl (C=O) groups is 1. The van der Waals surface area contributed by atoms with Crippen molar-refractivity contribution in [3.63, 3.8) is 0 Å². The van der Waals surface area contributed by atoms with E-state index in [1.807, 2.05) is 72.6 Å². The third-order valence-corrected chi connectivity index (χ3v) is 5.01. The number of carbonyl (C=O) groups excluding carboxylic acids is 1. The summed E-state index contributed by atoms with van der Waals surface area (Å²) >= 11 is 0. The molecule has 7 heteroatoms. The normalized spacial score (nSPS) is 10.7. The number of rotatable bonds is 7. The van der Waals surface area contributed by atoms with Crippen LogP contribution in [-0.2, 0) is 4.79 Å². The lowest BCUT2D eigenvalue weighted by Crippen LogP contribution is -2.32. The van der Waals surface area contributed by atoms with Gasteiger partial charge in [-0.3, -0.25) is 9.59 Å². The third kappa shape index (κ3) is 3.91. The van der Waals surface area contributed by atoms with Crippen LogP contribution in [0.5, 0.6) is 0 Å². The lowest BCUT2D eigenvalue weighted by Gasteiger charge is -2.23.